The third-order valence-electron chi connectivity index (χ3n) is 3.31. The molecule has 0 saturated carbocycles. The van der Waals surface area contributed by atoms with Gasteiger partial charge in [0.15, 0.2) is 11.6 Å². The highest BCUT2D eigenvalue weighted by molar-refractivity contribution is 9.10. The first-order valence-corrected chi connectivity index (χ1v) is 7.67. The van der Waals surface area contributed by atoms with Gasteiger partial charge in [-0.2, -0.15) is 0 Å². The molecule has 22 heavy (non-hydrogen) atoms. The van der Waals surface area contributed by atoms with Crippen molar-refractivity contribution in [2.45, 2.75) is 13.3 Å². The van der Waals surface area contributed by atoms with Crippen LogP contribution in [0.25, 0.3) is 0 Å². The summed E-state index contributed by atoms with van der Waals surface area (Å²) in [6.45, 7) is 1.39. The van der Waals surface area contributed by atoms with Crippen LogP contribution in [0.4, 0.5) is 0 Å². The zero-order valence-electron chi connectivity index (χ0n) is 12.1. The minimum absolute atomic E-state index is 0.0807. The molecule has 1 atom stereocenters. The monoisotopic (exact) mass is 358 g/mol. The second-order valence-electron chi connectivity index (χ2n) is 5.06. The number of ketones is 3. The van der Waals surface area contributed by atoms with E-state index in [2.05, 4.69) is 15.9 Å². The van der Waals surface area contributed by atoms with Gasteiger partial charge in [-0.25, -0.2) is 0 Å². The number of carbonyl (C=O) groups excluding carboxylic acids is 3. The van der Waals surface area contributed by atoms with Gasteiger partial charge in [0.2, 0.25) is 0 Å². The minimum Gasteiger partial charge on any atom is -0.300 e. The lowest BCUT2D eigenvalue weighted by Gasteiger charge is -2.13. The van der Waals surface area contributed by atoms with Crippen molar-refractivity contribution in [3.05, 3.63) is 70.2 Å². The van der Waals surface area contributed by atoms with Crippen LogP contribution in [-0.2, 0) is 4.79 Å². The summed E-state index contributed by atoms with van der Waals surface area (Å²) in [7, 11) is 0. The molecule has 112 valence electrons. The maximum Gasteiger partial charge on any atom is 0.174 e. The summed E-state index contributed by atoms with van der Waals surface area (Å²) in [5.74, 6) is -1.79. The van der Waals surface area contributed by atoms with Gasteiger partial charge in [0, 0.05) is 22.0 Å². The van der Waals surface area contributed by atoms with Crippen molar-refractivity contribution in [3.63, 3.8) is 0 Å². The van der Waals surface area contributed by atoms with Crippen LogP contribution >= 0.6 is 15.9 Å². The molecule has 0 saturated heterocycles. The molecule has 0 aromatic heterocycles. The van der Waals surface area contributed by atoms with Crippen LogP contribution in [0.15, 0.2) is 59.1 Å². The Labute approximate surface area is 137 Å². The van der Waals surface area contributed by atoms with Gasteiger partial charge in [-0.3, -0.25) is 14.4 Å². The van der Waals surface area contributed by atoms with Crippen molar-refractivity contribution in [2.24, 2.45) is 5.92 Å². The predicted octanol–water partition coefficient (Wildman–Crippen LogP) is 4.11. The number of benzene rings is 2. The molecule has 3 nitrogen and oxygen atoms in total. The molecule has 2 aromatic rings. The largest absolute Gasteiger partial charge is 0.300 e. The van der Waals surface area contributed by atoms with E-state index in [4.69, 9.17) is 0 Å². The molecule has 0 radical (unpaired) electrons. The summed E-state index contributed by atoms with van der Waals surface area (Å²) < 4.78 is 0.849. The normalized spacial score (nSPS) is 11.7. The molecular weight excluding hydrogens is 344 g/mol. The van der Waals surface area contributed by atoms with Gasteiger partial charge >= 0.3 is 0 Å². The molecule has 0 aliphatic rings. The first-order chi connectivity index (χ1) is 10.5. The number of hydrogen-bond donors (Lipinski definition) is 0. The van der Waals surface area contributed by atoms with E-state index in [0.717, 1.165) is 4.47 Å². The fourth-order valence-electron chi connectivity index (χ4n) is 2.21. The predicted molar refractivity (Wildman–Crippen MR) is 88.0 cm³/mol. The van der Waals surface area contributed by atoms with Crippen molar-refractivity contribution < 1.29 is 14.4 Å². The van der Waals surface area contributed by atoms with Gasteiger partial charge in [0.05, 0.1) is 5.92 Å². The molecule has 4 heteroatoms. The van der Waals surface area contributed by atoms with E-state index < -0.39 is 5.92 Å². The molecule has 1 unspecified atom stereocenters. The molecule has 0 heterocycles. The Morgan fingerprint density at radius 1 is 0.864 bits per heavy atom. The van der Waals surface area contributed by atoms with Gasteiger partial charge in [-0.05, 0) is 19.1 Å². The lowest BCUT2D eigenvalue weighted by Crippen LogP contribution is -2.26. The van der Waals surface area contributed by atoms with E-state index in [1.807, 2.05) is 0 Å². The Morgan fingerprint density at radius 2 is 1.36 bits per heavy atom. The molecule has 0 fully saturated rings. The van der Waals surface area contributed by atoms with Gasteiger partial charge in [-0.1, -0.05) is 58.4 Å². The number of rotatable bonds is 6. The average molecular weight is 359 g/mol. The highest BCUT2D eigenvalue weighted by Gasteiger charge is 2.29. The van der Waals surface area contributed by atoms with E-state index in [9.17, 15) is 14.4 Å². The molecule has 0 bridgehead atoms. The number of hydrogen-bond acceptors (Lipinski definition) is 3. The van der Waals surface area contributed by atoms with Gasteiger partial charge in [0.25, 0.3) is 0 Å². The molecular formula is C18H15BrO3. The highest BCUT2D eigenvalue weighted by atomic mass is 79.9. The van der Waals surface area contributed by atoms with Crippen LogP contribution < -0.4 is 0 Å². The van der Waals surface area contributed by atoms with Crippen LogP contribution in [0.2, 0.25) is 0 Å². The summed E-state index contributed by atoms with van der Waals surface area (Å²) in [6, 6.07) is 15.4. The zero-order chi connectivity index (χ0) is 16.1. The van der Waals surface area contributed by atoms with Crippen molar-refractivity contribution >= 4 is 33.3 Å². The molecule has 0 aliphatic heterocycles. The molecule has 2 aromatic carbocycles. The van der Waals surface area contributed by atoms with Crippen molar-refractivity contribution in [3.8, 4) is 0 Å². The van der Waals surface area contributed by atoms with Crippen LogP contribution in [0.3, 0.4) is 0 Å². The van der Waals surface area contributed by atoms with Gasteiger partial charge in [0.1, 0.15) is 5.78 Å². The Kier molecular flexibility index (Phi) is 5.39. The van der Waals surface area contributed by atoms with E-state index in [0.29, 0.717) is 11.1 Å². The van der Waals surface area contributed by atoms with Crippen LogP contribution in [-0.4, -0.2) is 17.3 Å². The van der Waals surface area contributed by atoms with Crippen molar-refractivity contribution in [1.29, 1.82) is 0 Å². The van der Waals surface area contributed by atoms with Gasteiger partial charge < -0.3 is 0 Å². The van der Waals surface area contributed by atoms with E-state index in [1.165, 1.54) is 6.92 Å². The van der Waals surface area contributed by atoms with Crippen LogP contribution in [0.5, 0.6) is 0 Å². The second kappa shape index (κ2) is 7.27. The fourth-order valence-corrected chi connectivity index (χ4v) is 2.48. The fraction of sp³-hybridized carbons (Fsp3) is 0.167. The Bertz CT molecular complexity index is 690. The Hall–Kier alpha value is -2.07. The molecule has 0 spiro atoms. The zero-order valence-corrected chi connectivity index (χ0v) is 13.7. The van der Waals surface area contributed by atoms with Crippen LogP contribution in [0.1, 0.15) is 34.1 Å². The van der Waals surface area contributed by atoms with E-state index >= 15 is 0 Å². The first kappa shape index (κ1) is 16.3. The summed E-state index contributed by atoms with van der Waals surface area (Å²) in [5, 5.41) is 0. The van der Waals surface area contributed by atoms with E-state index in [1.54, 1.807) is 54.6 Å². The molecule has 0 N–H and O–H groups in total. The van der Waals surface area contributed by atoms with Crippen LogP contribution in [0, 0.1) is 5.92 Å². The highest BCUT2D eigenvalue weighted by Crippen LogP contribution is 2.20. The first-order valence-electron chi connectivity index (χ1n) is 6.87. The average Bonchev–Trinajstić information content (AvgIpc) is 2.53. The maximum atomic E-state index is 12.6. The Balaban J connectivity index is 2.33. The smallest absolute Gasteiger partial charge is 0.174 e. The van der Waals surface area contributed by atoms with Gasteiger partial charge in [-0.15, -0.1) is 0 Å². The molecule has 2 rings (SSSR count). The second-order valence-corrected chi connectivity index (χ2v) is 5.98. The number of Topliss-reactive ketones (excluding diaryl/α,β-unsaturated/α-hetero) is 3. The summed E-state index contributed by atoms with van der Waals surface area (Å²) in [6.07, 6.45) is -0.0807. The van der Waals surface area contributed by atoms with Crippen molar-refractivity contribution in [1.82, 2.24) is 0 Å². The van der Waals surface area contributed by atoms with Crippen molar-refractivity contribution in [2.75, 3.05) is 0 Å². The third-order valence-corrected chi connectivity index (χ3v) is 3.84. The maximum absolute atomic E-state index is 12.6. The topological polar surface area (TPSA) is 51.2 Å². The lowest BCUT2D eigenvalue weighted by molar-refractivity contribution is -0.117. The summed E-state index contributed by atoms with van der Waals surface area (Å²) in [4.78, 5) is 36.7. The molecule has 0 amide bonds. The molecule has 0 aliphatic carbocycles. The minimum atomic E-state index is -0.971. The summed E-state index contributed by atoms with van der Waals surface area (Å²) >= 11 is 3.31. The summed E-state index contributed by atoms with van der Waals surface area (Å²) in [5.41, 5.74) is 0.873. The quantitative estimate of drug-likeness (QED) is 0.576. The van der Waals surface area contributed by atoms with E-state index in [-0.39, 0.29) is 23.8 Å². The lowest BCUT2D eigenvalue weighted by atomic mass is 9.86. The number of halogens is 1. The Morgan fingerprint density at radius 3 is 1.86 bits per heavy atom. The SMILES string of the molecule is CC(=O)CC(C(=O)c1ccccc1)C(=O)c1ccc(Br)cc1. The standard InChI is InChI=1S/C18H15BrO3/c1-12(20)11-16(17(21)13-5-3-2-4-6-13)18(22)14-7-9-15(19)10-8-14/h2-10,16H,11H2,1H3. The third kappa shape index (κ3) is 3.98. The number of carbonyl (C=O) groups is 3.